The van der Waals surface area contributed by atoms with Gasteiger partial charge in [0.25, 0.3) is 0 Å². The van der Waals surface area contributed by atoms with Gasteiger partial charge in [-0.05, 0) is 51.3 Å². The molecule has 0 bridgehead atoms. The van der Waals surface area contributed by atoms with Crippen molar-refractivity contribution in [2.24, 2.45) is 0 Å². The van der Waals surface area contributed by atoms with Crippen LogP contribution >= 0.6 is 0 Å². The maximum absolute atomic E-state index is 5.75. The van der Waals surface area contributed by atoms with Gasteiger partial charge in [-0.2, -0.15) is 0 Å². The van der Waals surface area contributed by atoms with E-state index in [1.165, 1.54) is 11.3 Å². The number of likely N-dealkylation sites (N-methyl/N-ethyl adjacent to an activating group) is 1. The Morgan fingerprint density at radius 3 is 2.19 bits per heavy atom. The molecule has 0 aromatic heterocycles. The lowest BCUT2D eigenvalue weighted by Gasteiger charge is -2.26. The number of hydrogen-bond donors (Lipinski definition) is 0. The average Bonchev–Trinajstić information content (AvgIpc) is 2.47. The molecule has 0 saturated heterocycles. The average molecular weight is 289 g/mol. The van der Waals surface area contributed by atoms with E-state index in [9.17, 15) is 0 Å². The molecule has 0 spiro atoms. The maximum Gasteiger partial charge on any atom is 0.0700 e. The van der Waals surface area contributed by atoms with Crippen molar-refractivity contribution >= 4 is 0 Å². The van der Waals surface area contributed by atoms with Crippen molar-refractivity contribution in [2.45, 2.75) is 47.1 Å². The van der Waals surface area contributed by atoms with Gasteiger partial charge in [0, 0.05) is 18.4 Å². The van der Waals surface area contributed by atoms with Gasteiger partial charge in [0.05, 0.1) is 12.7 Å². The summed E-state index contributed by atoms with van der Waals surface area (Å²) in [6.45, 7) is 18.7. The Morgan fingerprint density at radius 1 is 1.24 bits per heavy atom. The van der Waals surface area contributed by atoms with E-state index in [1.54, 1.807) is 0 Å². The quantitative estimate of drug-likeness (QED) is 0.539. The predicted octanol–water partition coefficient (Wildman–Crippen LogP) is 5.23. The van der Waals surface area contributed by atoms with Gasteiger partial charge in [0.15, 0.2) is 0 Å². The second-order valence-corrected chi connectivity index (χ2v) is 5.27. The normalized spacial score (nSPS) is 12.8. The van der Waals surface area contributed by atoms with Gasteiger partial charge in [0.1, 0.15) is 0 Å². The molecular weight excluding hydrogens is 258 g/mol. The minimum absolute atomic E-state index is 0.223. The first-order valence-electron chi connectivity index (χ1n) is 7.57. The molecule has 21 heavy (non-hydrogen) atoms. The van der Waals surface area contributed by atoms with Gasteiger partial charge in [-0.25, -0.2) is 0 Å². The Morgan fingerprint density at radius 2 is 1.81 bits per heavy atom. The first kappa shape index (κ1) is 19.5. The van der Waals surface area contributed by atoms with E-state index in [0.717, 1.165) is 17.7 Å². The minimum atomic E-state index is 0.223. The fraction of sp³-hybridized carbons (Fsp3) is 0.474. The van der Waals surface area contributed by atoms with E-state index >= 15 is 0 Å². The number of ether oxygens (including phenoxy) is 1. The van der Waals surface area contributed by atoms with Gasteiger partial charge in [-0.1, -0.05) is 38.3 Å². The highest BCUT2D eigenvalue weighted by molar-refractivity contribution is 5.38. The number of hydrogen-bond acceptors (Lipinski definition) is 2. The van der Waals surface area contributed by atoms with Crippen molar-refractivity contribution in [3.8, 4) is 0 Å². The Hall–Kier alpha value is -1.54. The molecule has 2 nitrogen and oxygen atoms in total. The summed E-state index contributed by atoms with van der Waals surface area (Å²) in [5.41, 5.74) is 4.62. The van der Waals surface area contributed by atoms with Gasteiger partial charge in [-0.15, -0.1) is 0 Å². The van der Waals surface area contributed by atoms with E-state index in [0.29, 0.717) is 6.61 Å². The molecule has 0 N–H and O–H groups in total. The molecule has 0 aliphatic rings. The Balaban J connectivity index is 5.66. The molecule has 0 aliphatic carbocycles. The molecular formula is C19H31NO. The van der Waals surface area contributed by atoms with Crippen LogP contribution in [-0.2, 0) is 4.74 Å². The first-order valence-corrected chi connectivity index (χ1v) is 7.57. The van der Waals surface area contributed by atoms with E-state index in [2.05, 4.69) is 71.9 Å². The van der Waals surface area contributed by atoms with Gasteiger partial charge in [0.2, 0.25) is 0 Å². The Kier molecular flexibility index (Phi) is 9.48. The van der Waals surface area contributed by atoms with Gasteiger partial charge >= 0.3 is 0 Å². The third kappa shape index (κ3) is 6.63. The largest absolute Gasteiger partial charge is 0.374 e. The van der Waals surface area contributed by atoms with Crippen molar-refractivity contribution in [1.29, 1.82) is 0 Å². The van der Waals surface area contributed by atoms with Gasteiger partial charge < -0.3 is 9.64 Å². The van der Waals surface area contributed by atoms with E-state index < -0.39 is 0 Å². The van der Waals surface area contributed by atoms with Crippen LogP contribution in [0.25, 0.3) is 0 Å². The zero-order valence-electron chi connectivity index (χ0n) is 14.6. The summed E-state index contributed by atoms with van der Waals surface area (Å²) < 4.78 is 5.75. The summed E-state index contributed by atoms with van der Waals surface area (Å²) in [5.74, 6) is 0. The van der Waals surface area contributed by atoms with E-state index in [-0.39, 0.29) is 6.10 Å². The minimum Gasteiger partial charge on any atom is -0.374 e. The number of nitrogens with zero attached hydrogens (tertiary/aromatic N) is 1. The lowest BCUT2D eigenvalue weighted by Crippen LogP contribution is -2.19. The SMILES string of the molecule is C=CC(C=C)=C/C(=C(/C)COC(C)C)N(C)/C(=C\C)CC. The summed E-state index contributed by atoms with van der Waals surface area (Å²) in [6, 6.07) is 0. The highest BCUT2D eigenvalue weighted by atomic mass is 16.5. The van der Waals surface area contributed by atoms with Crippen LogP contribution < -0.4 is 0 Å². The molecule has 0 heterocycles. The van der Waals surface area contributed by atoms with Crippen molar-refractivity contribution in [2.75, 3.05) is 13.7 Å². The summed E-state index contributed by atoms with van der Waals surface area (Å²) in [6.07, 6.45) is 9.10. The summed E-state index contributed by atoms with van der Waals surface area (Å²) in [7, 11) is 2.09. The molecule has 0 rings (SSSR count). The molecule has 0 unspecified atom stereocenters. The molecule has 0 fully saturated rings. The summed E-state index contributed by atoms with van der Waals surface area (Å²) in [5, 5.41) is 0. The fourth-order valence-corrected chi connectivity index (χ4v) is 2.02. The Labute approximate surface area is 131 Å². The molecule has 118 valence electrons. The topological polar surface area (TPSA) is 12.5 Å². The maximum atomic E-state index is 5.75. The van der Waals surface area contributed by atoms with Crippen LogP contribution in [0.15, 0.2) is 60.0 Å². The standard InChI is InChI=1S/C19H31NO/c1-9-17(10-2)13-19(16(7)14-21-15(5)6)20(8)18(11-3)12-4/h9-11,13,15H,1-2,12,14H2,3-8H3/b18-11-,19-16+. The fourth-order valence-electron chi connectivity index (χ4n) is 2.02. The molecule has 0 aromatic rings. The van der Waals surface area contributed by atoms with Crippen LogP contribution in [0, 0.1) is 0 Å². The van der Waals surface area contributed by atoms with Gasteiger partial charge in [-0.3, -0.25) is 0 Å². The van der Waals surface area contributed by atoms with Crippen LogP contribution in [0.4, 0.5) is 0 Å². The summed E-state index contributed by atoms with van der Waals surface area (Å²) in [4.78, 5) is 2.21. The first-order chi connectivity index (χ1) is 9.90. The van der Waals surface area contributed by atoms with Crippen LogP contribution in [-0.4, -0.2) is 24.7 Å². The van der Waals surface area contributed by atoms with Crippen molar-refractivity contribution in [3.05, 3.63) is 60.0 Å². The molecule has 0 aromatic carbocycles. The van der Waals surface area contributed by atoms with E-state index in [1.807, 2.05) is 12.2 Å². The molecule has 2 heteroatoms. The smallest absolute Gasteiger partial charge is 0.0700 e. The molecule has 0 radical (unpaired) electrons. The van der Waals surface area contributed by atoms with Crippen LogP contribution in [0.5, 0.6) is 0 Å². The Bertz CT molecular complexity index is 428. The molecule has 0 saturated carbocycles. The second kappa shape index (κ2) is 10.2. The third-order valence-electron chi connectivity index (χ3n) is 3.33. The van der Waals surface area contributed by atoms with E-state index in [4.69, 9.17) is 4.74 Å². The summed E-state index contributed by atoms with van der Waals surface area (Å²) >= 11 is 0. The predicted molar refractivity (Wildman–Crippen MR) is 94.1 cm³/mol. The third-order valence-corrected chi connectivity index (χ3v) is 3.33. The second-order valence-electron chi connectivity index (χ2n) is 5.27. The number of allylic oxidation sites excluding steroid dienone is 6. The van der Waals surface area contributed by atoms with Crippen molar-refractivity contribution in [1.82, 2.24) is 4.90 Å². The molecule has 0 atom stereocenters. The highest BCUT2D eigenvalue weighted by Crippen LogP contribution is 2.20. The highest BCUT2D eigenvalue weighted by Gasteiger charge is 2.10. The molecule has 0 aliphatic heterocycles. The zero-order chi connectivity index (χ0) is 16.4. The molecule has 0 amide bonds. The van der Waals surface area contributed by atoms with Crippen LogP contribution in [0.3, 0.4) is 0 Å². The van der Waals surface area contributed by atoms with Crippen LogP contribution in [0.2, 0.25) is 0 Å². The zero-order valence-corrected chi connectivity index (χ0v) is 14.6. The lowest BCUT2D eigenvalue weighted by molar-refractivity contribution is 0.0962. The van der Waals surface area contributed by atoms with Crippen molar-refractivity contribution in [3.63, 3.8) is 0 Å². The monoisotopic (exact) mass is 289 g/mol. The number of rotatable bonds is 9. The van der Waals surface area contributed by atoms with Crippen LogP contribution in [0.1, 0.15) is 41.0 Å². The van der Waals surface area contributed by atoms with Crippen molar-refractivity contribution < 1.29 is 4.74 Å². The lowest BCUT2D eigenvalue weighted by atomic mass is 10.1.